The molecule has 0 aliphatic carbocycles. The molecule has 1 saturated heterocycles. The molecular weight excluding hydrogens is 256 g/mol. The van der Waals surface area contributed by atoms with Crippen LogP contribution in [0.5, 0.6) is 0 Å². The average molecular weight is 276 g/mol. The Morgan fingerprint density at radius 1 is 1.45 bits per heavy atom. The Bertz CT molecular complexity index is 610. The van der Waals surface area contributed by atoms with Crippen LogP contribution in [0.3, 0.4) is 0 Å². The zero-order chi connectivity index (χ0) is 14.1. The van der Waals surface area contributed by atoms with E-state index >= 15 is 0 Å². The monoisotopic (exact) mass is 276 g/mol. The maximum atomic E-state index is 5.98. The van der Waals surface area contributed by atoms with E-state index < -0.39 is 0 Å². The van der Waals surface area contributed by atoms with Crippen molar-refractivity contribution in [1.29, 1.82) is 0 Å². The first-order valence-electron chi connectivity index (χ1n) is 6.82. The fourth-order valence-corrected chi connectivity index (χ4v) is 2.79. The van der Waals surface area contributed by atoms with Crippen molar-refractivity contribution in [2.45, 2.75) is 13.0 Å². The Morgan fingerprint density at radius 2 is 2.30 bits per heavy atom. The largest absolute Gasteiger partial charge is 0.384 e. The van der Waals surface area contributed by atoms with Gasteiger partial charge in [-0.2, -0.15) is 5.10 Å². The Labute approximate surface area is 117 Å². The van der Waals surface area contributed by atoms with Crippen molar-refractivity contribution >= 4 is 16.9 Å². The summed E-state index contributed by atoms with van der Waals surface area (Å²) < 4.78 is 6.95. The lowest BCUT2D eigenvalue weighted by molar-refractivity contribution is 0.152. The molecule has 2 N–H and O–H groups in total. The first-order chi connectivity index (χ1) is 9.67. The highest BCUT2D eigenvalue weighted by molar-refractivity contribution is 5.84. The van der Waals surface area contributed by atoms with Crippen molar-refractivity contribution in [3.8, 4) is 0 Å². The van der Waals surface area contributed by atoms with Gasteiger partial charge in [-0.1, -0.05) is 0 Å². The third kappa shape index (κ3) is 2.46. The first-order valence-corrected chi connectivity index (χ1v) is 6.82. The minimum Gasteiger partial charge on any atom is -0.384 e. The van der Waals surface area contributed by atoms with Crippen molar-refractivity contribution < 1.29 is 4.74 Å². The first kappa shape index (κ1) is 13.3. The van der Waals surface area contributed by atoms with Crippen molar-refractivity contribution in [2.24, 2.45) is 13.0 Å². The van der Waals surface area contributed by atoms with E-state index in [1.54, 1.807) is 18.0 Å². The molecule has 108 valence electrons. The standard InChI is InChI=1S/C13H20N6O/c1-18-13-10(5-15-18)12(14)16-11(17-13)7-19-4-3-9(6-19)8-20-2/h5,9H,3-4,6-8H2,1-2H3,(H2,14,16,17). The van der Waals surface area contributed by atoms with Crippen LogP contribution < -0.4 is 5.73 Å². The number of methoxy groups -OCH3 is 1. The highest BCUT2D eigenvalue weighted by Gasteiger charge is 2.23. The number of aryl methyl sites for hydroxylation is 1. The molecule has 3 rings (SSSR count). The lowest BCUT2D eigenvalue weighted by Crippen LogP contribution is -2.23. The van der Waals surface area contributed by atoms with E-state index in [1.165, 1.54) is 0 Å². The van der Waals surface area contributed by atoms with Gasteiger partial charge in [0.2, 0.25) is 0 Å². The van der Waals surface area contributed by atoms with Gasteiger partial charge in [0.25, 0.3) is 0 Å². The predicted molar refractivity (Wildman–Crippen MR) is 76.0 cm³/mol. The second-order valence-electron chi connectivity index (χ2n) is 5.38. The Morgan fingerprint density at radius 3 is 3.10 bits per heavy atom. The van der Waals surface area contributed by atoms with E-state index in [-0.39, 0.29) is 0 Å². The Kier molecular flexibility index (Phi) is 3.54. The van der Waals surface area contributed by atoms with Crippen LogP contribution in [-0.4, -0.2) is 51.5 Å². The molecular formula is C13H20N6O. The molecule has 3 heterocycles. The van der Waals surface area contributed by atoms with Crippen molar-refractivity contribution in [2.75, 3.05) is 32.5 Å². The summed E-state index contributed by atoms with van der Waals surface area (Å²) in [5, 5.41) is 4.98. The second kappa shape index (κ2) is 5.34. The van der Waals surface area contributed by atoms with Gasteiger partial charge >= 0.3 is 0 Å². The van der Waals surface area contributed by atoms with Gasteiger partial charge in [-0.15, -0.1) is 0 Å². The van der Waals surface area contributed by atoms with Crippen LogP contribution in [0.1, 0.15) is 12.2 Å². The van der Waals surface area contributed by atoms with Gasteiger partial charge in [0.1, 0.15) is 11.6 Å². The number of likely N-dealkylation sites (tertiary alicyclic amines) is 1. The van der Waals surface area contributed by atoms with Crippen molar-refractivity contribution in [3.63, 3.8) is 0 Å². The Balaban J connectivity index is 1.76. The lowest BCUT2D eigenvalue weighted by Gasteiger charge is -2.15. The lowest BCUT2D eigenvalue weighted by atomic mass is 10.1. The topological polar surface area (TPSA) is 82.1 Å². The smallest absolute Gasteiger partial charge is 0.163 e. The molecule has 1 aliphatic heterocycles. The molecule has 1 unspecified atom stereocenters. The van der Waals surface area contributed by atoms with E-state index in [4.69, 9.17) is 10.5 Å². The fourth-order valence-electron chi connectivity index (χ4n) is 2.79. The maximum absolute atomic E-state index is 5.98. The normalized spacial score (nSPS) is 20.0. The molecule has 0 amide bonds. The Hall–Kier alpha value is -1.73. The third-order valence-electron chi connectivity index (χ3n) is 3.81. The predicted octanol–water partition coefficient (Wildman–Crippen LogP) is 0.414. The van der Waals surface area contributed by atoms with Crippen LogP contribution in [0.15, 0.2) is 6.20 Å². The molecule has 2 aromatic rings. The minimum absolute atomic E-state index is 0.505. The summed E-state index contributed by atoms with van der Waals surface area (Å²) in [6, 6.07) is 0. The molecule has 0 spiro atoms. The quantitative estimate of drug-likeness (QED) is 0.871. The summed E-state index contributed by atoms with van der Waals surface area (Å²) in [4.78, 5) is 11.3. The van der Waals surface area contributed by atoms with Crippen molar-refractivity contribution in [3.05, 3.63) is 12.0 Å². The number of ether oxygens (including phenoxy) is 1. The molecule has 7 nitrogen and oxygen atoms in total. The number of nitrogens with two attached hydrogens (primary N) is 1. The second-order valence-corrected chi connectivity index (χ2v) is 5.38. The SMILES string of the molecule is COCC1CCN(Cc2nc(N)c3cnn(C)c3n2)C1. The highest BCUT2D eigenvalue weighted by atomic mass is 16.5. The molecule has 0 saturated carbocycles. The number of hydrogen-bond acceptors (Lipinski definition) is 6. The van der Waals surface area contributed by atoms with E-state index in [2.05, 4.69) is 20.0 Å². The molecule has 2 aromatic heterocycles. The molecule has 1 fully saturated rings. The van der Waals surface area contributed by atoms with Gasteiger partial charge < -0.3 is 10.5 Å². The third-order valence-corrected chi connectivity index (χ3v) is 3.81. The molecule has 7 heteroatoms. The number of anilines is 1. The summed E-state index contributed by atoms with van der Waals surface area (Å²) in [5.41, 5.74) is 6.77. The number of aromatic nitrogens is 4. The number of fused-ring (bicyclic) bond motifs is 1. The van der Waals surface area contributed by atoms with E-state index in [1.807, 2.05) is 7.05 Å². The number of hydrogen-bond donors (Lipinski definition) is 1. The zero-order valence-corrected chi connectivity index (χ0v) is 11.9. The number of rotatable bonds is 4. The van der Waals surface area contributed by atoms with E-state index in [9.17, 15) is 0 Å². The molecule has 20 heavy (non-hydrogen) atoms. The minimum atomic E-state index is 0.505. The van der Waals surface area contributed by atoms with Crippen LogP contribution in [0.2, 0.25) is 0 Å². The van der Waals surface area contributed by atoms with Crippen LogP contribution in [0, 0.1) is 5.92 Å². The number of nitrogen functional groups attached to an aromatic ring is 1. The molecule has 0 aromatic carbocycles. The molecule has 0 radical (unpaired) electrons. The highest BCUT2D eigenvalue weighted by Crippen LogP contribution is 2.20. The average Bonchev–Trinajstić information content (AvgIpc) is 2.99. The van der Waals surface area contributed by atoms with Gasteiger partial charge in [-0.3, -0.25) is 9.58 Å². The van der Waals surface area contributed by atoms with E-state index in [0.717, 1.165) is 49.5 Å². The maximum Gasteiger partial charge on any atom is 0.163 e. The van der Waals surface area contributed by atoms with Gasteiger partial charge in [-0.05, 0) is 18.9 Å². The zero-order valence-electron chi connectivity index (χ0n) is 11.9. The van der Waals surface area contributed by atoms with Gasteiger partial charge in [0, 0.05) is 20.7 Å². The number of nitrogens with zero attached hydrogens (tertiary/aromatic N) is 5. The summed E-state index contributed by atoms with van der Waals surface area (Å²) >= 11 is 0. The molecule has 1 aliphatic rings. The van der Waals surface area contributed by atoms with Crippen LogP contribution in [0.4, 0.5) is 5.82 Å². The summed E-state index contributed by atoms with van der Waals surface area (Å²) in [6.07, 6.45) is 2.87. The molecule has 1 atom stereocenters. The van der Waals surface area contributed by atoms with Gasteiger partial charge in [0.05, 0.1) is 24.7 Å². The van der Waals surface area contributed by atoms with Gasteiger partial charge in [-0.25, -0.2) is 9.97 Å². The molecule has 0 bridgehead atoms. The van der Waals surface area contributed by atoms with Crippen LogP contribution >= 0.6 is 0 Å². The van der Waals surface area contributed by atoms with Crippen LogP contribution in [-0.2, 0) is 18.3 Å². The summed E-state index contributed by atoms with van der Waals surface area (Å²) in [5.74, 6) is 1.88. The van der Waals surface area contributed by atoms with Gasteiger partial charge in [0.15, 0.2) is 5.65 Å². The van der Waals surface area contributed by atoms with Crippen LogP contribution in [0.25, 0.3) is 11.0 Å². The summed E-state index contributed by atoms with van der Waals surface area (Å²) in [6.45, 7) is 3.63. The summed E-state index contributed by atoms with van der Waals surface area (Å²) in [7, 11) is 3.62. The van der Waals surface area contributed by atoms with E-state index in [0.29, 0.717) is 11.7 Å². The van der Waals surface area contributed by atoms with Crippen molar-refractivity contribution in [1.82, 2.24) is 24.6 Å². The fraction of sp³-hybridized carbons (Fsp3) is 0.615.